The first-order valence-corrected chi connectivity index (χ1v) is 24.3. The van der Waals surface area contributed by atoms with Gasteiger partial charge in [-0.15, -0.1) is 11.8 Å². The third-order valence-electron chi connectivity index (χ3n) is 12.7. The molecule has 5 N–H and O–H groups in total. The Balaban J connectivity index is 1.01. The summed E-state index contributed by atoms with van der Waals surface area (Å²) in [6.07, 6.45) is 4.21. The number of anilines is 1. The third-order valence-corrected chi connectivity index (χ3v) is 13.8. The van der Waals surface area contributed by atoms with Gasteiger partial charge in [-0.1, -0.05) is 27.2 Å². The molecule has 0 saturated carbocycles. The molecule has 6 heterocycles. The minimum atomic E-state index is -1.95. The molecular formula is C49H59N7O12S. The van der Waals surface area contributed by atoms with Gasteiger partial charge in [0.1, 0.15) is 30.3 Å². The number of imide groups is 1. The van der Waals surface area contributed by atoms with Crippen molar-refractivity contribution in [2.24, 2.45) is 5.92 Å². The summed E-state index contributed by atoms with van der Waals surface area (Å²) in [5, 5.41) is 23.2. The van der Waals surface area contributed by atoms with Crippen molar-refractivity contribution in [1.29, 1.82) is 0 Å². The predicted octanol–water partition coefficient (Wildman–Crippen LogP) is 3.40. The number of aryl methyl sites for hydroxylation is 1. The first kappa shape index (κ1) is 50.5. The highest BCUT2D eigenvalue weighted by atomic mass is 32.2. The summed E-state index contributed by atoms with van der Waals surface area (Å²) in [5.41, 5.74) is 1.40. The Morgan fingerprint density at radius 3 is 2.32 bits per heavy atom. The lowest BCUT2D eigenvalue weighted by molar-refractivity contribution is -0.172. The van der Waals surface area contributed by atoms with E-state index in [0.29, 0.717) is 54.0 Å². The lowest BCUT2D eigenvalue weighted by atomic mass is 9.86. The maximum absolute atomic E-state index is 13.8. The highest BCUT2D eigenvalue weighted by Crippen LogP contribution is 2.46. The lowest BCUT2D eigenvalue weighted by Crippen LogP contribution is -2.57. The van der Waals surface area contributed by atoms with E-state index < -0.39 is 70.8 Å². The molecule has 7 rings (SSSR count). The van der Waals surface area contributed by atoms with E-state index in [1.807, 2.05) is 0 Å². The van der Waals surface area contributed by atoms with E-state index in [1.54, 1.807) is 76.1 Å². The number of cyclic esters (lactones) is 1. The summed E-state index contributed by atoms with van der Waals surface area (Å²) >= 11 is 1.54. The molecule has 0 fully saturated rings. The molecule has 0 spiro atoms. The van der Waals surface area contributed by atoms with Crippen LogP contribution in [-0.4, -0.2) is 103 Å². The molecule has 0 unspecified atom stereocenters. The Morgan fingerprint density at radius 1 is 0.913 bits per heavy atom. The number of ether oxygens (including phenoxy) is 2. The number of aromatic nitrogens is 2. The van der Waals surface area contributed by atoms with E-state index in [4.69, 9.17) is 14.5 Å². The number of nitrogens with one attached hydrogen (secondary N) is 4. The maximum Gasteiger partial charge on any atom is 0.343 e. The lowest BCUT2D eigenvalue weighted by Gasteiger charge is -2.31. The van der Waals surface area contributed by atoms with Gasteiger partial charge in [0.25, 0.3) is 17.4 Å². The second-order valence-corrected chi connectivity index (χ2v) is 20.2. The Hall–Kier alpha value is -6.41. The van der Waals surface area contributed by atoms with Crippen molar-refractivity contribution in [3.63, 3.8) is 0 Å². The van der Waals surface area contributed by atoms with Crippen molar-refractivity contribution in [2.45, 2.75) is 147 Å². The molecule has 4 aliphatic rings. The average Bonchev–Trinajstić information content (AvgIpc) is 3.83. The number of thioether (sulfide) groups is 1. The Bertz CT molecular complexity index is 2720. The summed E-state index contributed by atoms with van der Waals surface area (Å²) in [6.45, 7) is 11.9. The standard InChI is InChI=1S/C49H59N7O12S/c1-8-49(66)30-22-34-41-28(23-56(34)46(64)29(30)24-67-47(49)65)27-19-21-69-42-32(14-13-31(52-41)39(27)42)53-43(61)26(4)50-45(63)40(25(2)3)54-44(62)33(15-18-38(60)68-48(5,6)7)51-35(57)12-10-9-11-20-55-36(58)16-17-37(55)59/h13-14,16-17,22,25-26,33,40,66H,8-12,15,18-21,23-24H2,1-7H3,(H,50,63)(H,51,57)(H,53,61)(H,54,62)/t26-,33-,40-,49-/m0/s1. The molecule has 0 aliphatic carbocycles. The zero-order valence-electron chi connectivity index (χ0n) is 39.9. The van der Waals surface area contributed by atoms with Crippen molar-refractivity contribution >= 4 is 75.7 Å². The predicted molar refractivity (Wildman–Crippen MR) is 253 cm³/mol. The number of hydrogen-bond donors (Lipinski definition) is 5. The molecular weight excluding hydrogens is 911 g/mol. The smallest absolute Gasteiger partial charge is 0.343 e. The number of nitrogens with zero attached hydrogens (tertiary/aromatic N) is 3. The SMILES string of the molecule is CC[C@@]1(O)C(=O)OCc2c1cc1n(c2=O)Cc2c-1nc1ccc(NC(=O)[C@H](C)NC(=O)[C@@H](NC(=O)[C@H](CCC(=O)OC(C)(C)C)NC(=O)CCCCCN3C(=O)C=CC3=O)C(C)C)c3c1c2CCS3. The first-order valence-electron chi connectivity index (χ1n) is 23.4. The summed E-state index contributed by atoms with van der Waals surface area (Å²) in [5.74, 6) is -4.30. The maximum atomic E-state index is 13.8. The molecule has 20 heteroatoms. The van der Waals surface area contributed by atoms with Crippen LogP contribution in [0.15, 0.2) is 40.0 Å². The zero-order valence-corrected chi connectivity index (χ0v) is 40.7. The van der Waals surface area contributed by atoms with Gasteiger partial charge in [0.15, 0.2) is 5.60 Å². The minimum Gasteiger partial charge on any atom is -0.460 e. The number of amides is 6. The monoisotopic (exact) mass is 969 g/mol. The van der Waals surface area contributed by atoms with Gasteiger partial charge in [-0.3, -0.25) is 43.3 Å². The fourth-order valence-corrected chi connectivity index (χ4v) is 10.1. The Morgan fingerprint density at radius 2 is 1.64 bits per heavy atom. The van der Waals surface area contributed by atoms with Gasteiger partial charge < -0.3 is 40.4 Å². The van der Waals surface area contributed by atoms with Gasteiger partial charge in [-0.2, -0.15) is 0 Å². The second kappa shape index (κ2) is 20.3. The van der Waals surface area contributed by atoms with Gasteiger partial charge in [-0.05, 0) is 89.5 Å². The number of unbranched alkanes of at least 4 members (excludes halogenated alkanes) is 2. The van der Waals surface area contributed by atoms with E-state index in [9.17, 15) is 48.3 Å². The van der Waals surface area contributed by atoms with Gasteiger partial charge in [0.05, 0.1) is 34.7 Å². The van der Waals surface area contributed by atoms with Gasteiger partial charge in [0, 0.05) is 58.7 Å². The summed E-state index contributed by atoms with van der Waals surface area (Å²) < 4.78 is 12.2. The van der Waals surface area contributed by atoms with Gasteiger partial charge in [0.2, 0.25) is 23.6 Å². The van der Waals surface area contributed by atoms with E-state index in [1.165, 1.54) is 19.1 Å². The van der Waals surface area contributed by atoms with Crippen molar-refractivity contribution in [2.75, 3.05) is 17.6 Å². The largest absolute Gasteiger partial charge is 0.460 e. The van der Waals surface area contributed by atoms with Crippen LogP contribution >= 0.6 is 11.8 Å². The second-order valence-electron chi connectivity index (χ2n) is 19.1. The molecule has 69 heavy (non-hydrogen) atoms. The molecule has 0 saturated heterocycles. The van der Waals surface area contributed by atoms with Crippen LogP contribution < -0.4 is 26.8 Å². The molecule has 0 bridgehead atoms. The highest BCUT2D eigenvalue weighted by Gasteiger charge is 2.46. The topological polar surface area (TPSA) is 262 Å². The number of carbonyl (C=O) groups excluding carboxylic acids is 8. The van der Waals surface area contributed by atoms with E-state index >= 15 is 0 Å². The number of hydrogen-bond acceptors (Lipinski definition) is 14. The Labute approximate surface area is 402 Å². The Kier molecular flexibility index (Phi) is 14.8. The fraction of sp³-hybridized carbons (Fsp3) is 0.510. The number of aliphatic hydroxyl groups is 1. The highest BCUT2D eigenvalue weighted by molar-refractivity contribution is 7.99. The van der Waals surface area contributed by atoms with Crippen molar-refractivity contribution in [1.82, 2.24) is 30.4 Å². The molecule has 3 aromatic rings. The molecule has 0 radical (unpaired) electrons. The van der Waals surface area contributed by atoms with Crippen molar-refractivity contribution in [3.05, 3.63) is 63.0 Å². The van der Waals surface area contributed by atoms with Crippen LogP contribution in [0.1, 0.15) is 116 Å². The molecule has 2 aromatic heterocycles. The summed E-state index contributed by atoms with van der Waals surface area (Å²) in [4.78, 5) is 124. The summed E-state index contributed by atoms with van der Waals surface area (Å²) in [6, 6.07) is 1.75. The third kappa shape index (κ3) is 10.6. The van der Waals surface area contributed by atoms with E-state index in [0.717, 1.165) is 26.3 Å². The number of carbonyl (C=O) groups is 8. The number of esters is 2. The zero-order chi connectivity index (χ0) is 50.1. The quantitative estimate of drug-likeness (QED) is 0.0544. The van der Waals surface area contributed by atoms with Crippen molar-refractivity contribution < 1.29 is 52.9 Å². The van der Waals surface area contributed by atoms with Crippen LogP contribution in [0.25, 0.3) is 22.3 Å². The first-order chi connectivity index (χ1) is 32.6. The van der Waals surface area contributed by atoms with Gasteiger partial charge >= 0.3 is 11.9 Å². The molecule has 19 nitrogen and oxygen atoms in total. The normalized spacial score (nSPS) is 18.2. The average molecular weight is 970 g/mol. The fourth-order valence-electron chi connectivity index (χ4n) is 8.98. The van der Waals surface area contributed by atoms with Crippen LogP contribution in [0.5, 0.6) is 0 Å². The van der Waals surface area contributed by atoms with E-state index in [2.05, 4.69) is 21.3 Å². The number of fused-ring (bicyclic) bond motifs is 5. The minimum absolute atomic E-state index is 0.0246. The van der Waals surface area contributed by atoms with Crippen LogP contribution in [0.2, 0.25) is 0 Å². The molecule has 1 aromatic carbocycles. The van der Waals surface area contributed by atoms with Crippen LogP contribution in [0.4, 0.5) is 5.69 Å². The van der Waals surface area contributed by atoms with Gasteiger partial charge in [-0.25, -0.2) is 9.78 Å². The molecule has 368 valence electrons. The van der Waals surface area contributed by atoms with Crippen molar-refractivity contribution in [3.8, 4) is 11.4 Å². The molecule has 6 amide bonds. The number of pyridine rings is 2. The number of benzene rings is 1. The summed E-state index contributed by atoms with van der Waals surface area (Å²) in [7, 11) is 0. The molecule has 4 aliphatic heterocycles. The molecule has 4 atom stereocenters. The van der Waals surface area contributed by atoms with Crippen LogP contribution in [0.3, 0.4) is 0 Å². The van der Waals surface area contributed by atoms with E-state index in [-0.39, 0.29) is 73.9 Å². The van der Waals surface area contributed by atoms with Crippen LogP contribution in [-0.2, 0) is 73.0 Å². The van der Waals surface area contributed by atoms with Crippen LogP contribution in [0, 0.1) is 5.92 Å². The number of rotatable bonds is 18.